The fraction of sp³-hybridized carbons (Fsp3) is 0.444. The topological polar surface area (TPSA) is 107 Å². The summed E-state index contributed by atoms with van der Waals surface area (Å²) in [7, 11) is 0. The lowest BCUT2D eigenvalue weighted by Crippen LogP contribution is -2.54. The smallest absolute Gasteiger partial charge is 0.253 e. The molecule has 10 heteroatoms. The SMILES string of the molecule is CCN(CC)C(=O)[C@@H](NC(=O)c1ccc2c(c1)OCO2)C1CCN(C(=O)c2ccc3c(c2)OCO3)CC1. The predicted molar refractivity (Wildman–Crippen MR) is 133 cm³/mol. The number of nitrogens with one attached hydrogen (secondary N) is 1. The number of benzene rings is 2. The van der Waals surface area contributed by atoms with Gasteiger partial charge < -0.3 is 34.1 Å². The quantitative estimate of drug-likeness (QED) is 0.612. The van der Waals surface area contributed by atoms with Gasteiger partial charge >= 0.3 is 0 Å². The van der Waals surface area contributed by atoms with Crippen LogP contribution in [0.1, 0.15) is 47.4 Å². The molecule has 196 valence electrons. The van der Waals surface area contributed by atoms with Crippen molar-refractivity contribution in [1.29, 1.82) is 0 Å². The number of fused-ring (bicyclic) bond motifs is 2. The molecule has 2 aromatic rings. The van der Waals surface area contributed by atoms with Gasteiger partial charge in [0, 0.05) is 37.3 Å². The highest BCUT2D eigenvalue weighted by molar-refractivity contribution is 5.98. The van der Waals surface area contributed by atoms with E-state index in [4.69, 9.17) is 18.9 Å². The molecule has 0 bridgehead atoms. The molecule has 3 heterocycles. The van der Waals surface area contributed by atoms with E-state index in [-0.39, 0.29) is 37.2 Å². The number of amides is 3. The fourth-order valence-corrected chi connectivity index (χ4v) is 5.02. The predicted octanol–water partition coefficient (Wildman–Crippen LogP) is 2.66. The Morgan fingerprint density at radius 1 is 0.865 bits per heavy atom. The number of ether oxygens (including phenoxy) is 4. The zero-order valence-corrected chi connectivity index (χ0v) is 21.0. The van der Waals surface area contributed by atoms with Gasteiger partial charge in [0.25, 0.3) is 11.8 Å². The Labute approximate surface area is 215 Å². The maximum absolute atomic E-state index is 13.5. The molecule has 5 rings (SSSR count). The summed E-state index contributed by atoms with van der Waals surface area (Å²) >= 11 is 0. The summed E-state index contributed by atoms with van der Waals surface area (Å²) in [5.41, 5.74) is 0.937. The van der Waals surface area contributed by atoms with E-state index in [1.54, 1.807) is 46.2 Å². The number of rotatable bonds is 7. The minimum atomic E-state index is -0.694. The van der Waals surface area contributed by atoms with Gasteiger partial charge in [-0.2, -0.15) is 0 Å². The van der Waals surface area contributed by atoms with Crippen molar-refractivity contribution in [3.8, 4) is 23.0 Å². The molecule has 0 spiro atoms. The van der Waals surface area contributed by atoms with Crippen molar-refractivity contribution >= 4 is 17.7 Å². The first-order chi connectivity index (χ1) is 18.0. The van der Waals surface area contributed by atoms with Crippen molar-refractivity contribution in [2.45, 2.75) is 32.7 Å². The third-order valence-electron chi connectivity index (χ3n) is 7.18. The average molecular weight is 510 g/mol. The van der Waals surface area contributed by atoms with Crippen LogP contribution in [-0.2, 0) is 4.79 Å². The fourth-order valence-electron chi connectivity index (χ4n) is 5.02. The lowest BCUT2D eigenvalue weighted by molar-refractivity contribution is -0.134. The van der Waals surface area contributed by atoms with Crippen LogP contribution in [-0.4, -0.2) is 73.3 Å². The molecule has 0 radical (unpaired) electrons. The van der Waals surface area contributed by atoms with E-state index in [1.165, 1.54) is 0 Å². The molecule has 0 aliphatic carbocycles. The van der Waals surface area contributed by atoms with Crippen LogP contribution in [0.4, 0.5) is 0 Å². The summed E-state index contributed by atoms with van der Waals surface area (Å²) in [5, 5.41) is 2.99. The van der Waals surface area contributed by atoms with Crippen molar-refractivity contribution in [2.75, 3.05) is 39.8 Å². The molecule has 1 saturated heterocycles. The maximum Gasteiger partial charge on any atom is 0.253 e. The van der Waals surface area contributed by atoms with Crippen LogP contribution in [0, 0.1) is 5.92 Å². The molecule has 10 nitrogen and oxygen atoms in total. The van der Waals surface area contributed by atoms with E-state index in [0.717, 1.165) is 0 Å². The molecular weight excluding hydrogens is 478 g/mol. The molecular formula is C27H31N3O7. The van der Waals surface area contributed by atoms with Gasteiger partial charge in [-0.05, 0) is 69.0 Å². The maximum atomic E-state index is 13.5. The highest BCUT2D eigenvalue weighted by Gasteiger charge is 2.36. The number of carbonyl (C=O) groups is 3. The second-order valence-corrected chi connectivity index (χ2v) is 9.23. The summed E-state index contributed by atoms with van der Waals surface area (Å²) in [6, 6.07) is 9.47. The van der Waals surface area contributed by atoms with Gasteiger partial charge in [0.2, 0.25) is 19.5 Å². The molecule has 3 amide bonds. The van der Waals surface area contributed by atoms with Crippen LogP contribution in [0.2, 0.25) is 0 Å². The van der Waals surface area contributed by atoms with Gasteiger partial charge in [0.15, 0.2) is 23.0 Å². The van der Waals surface area contributed by atoms with Crippen LogP contribution in [0.3, 0.4) is 0 Å². The van der Waals surface area contributed by atoms with Crippen LogP contribution >= 0.6 is 0 Å². The Bertz CT molecular complexity index is 1190. The monoisotopic (exact) mass is 509 g/mol. The van der Waals surface area contributed by atoms with Crippen LogP contribution in [0.25, 0.3) is 0 Å². The van der Waals surface area contributed by atoms with E-state index in [9.17, 15) is 14.4 Å². The average Bonchev–Trinajstić information content (AvgIpc) is 3.60. The Balaban J connectivity index is 1.28. The Morgan fingerprint density at radius 3 is 2.00 bits per heavy atom. The minimum absolute atomic E-state index is 0.0900. The number of likely N-dealkylation sites (tertiary alicyclic amines) is 1. The van der Waals surface area contributed by atoms with Gasteiger partial charge in [-0.3, -0.25) is 14.4 Å². The number of piperidine rings is 1. The largest absolute Gasteiger partial charge is 0.454 e. The number of nitrogens with zero attached hydrogens (tertiary/aromatic N) is 2. The van der Waals surface area contributed by atoms with Gasteiger partial charge in [0.1, 0.15) is 6.04 Å². The van der Waals surface area contributed by atoms with Gasteiger partial charge in [0.05, 0.1) is 0 Å². The van der Waals surface area contributed by atoms with Gasteiger partial charge in [-0.25, -0.2) is 0 Å². The third kappa shape index (κ3) is 5.00. The van der Waals surface area contributed by atoms with Crippen molar-refractivity contribution in [3.05, 3.63) is 47.5 Å². The summed E-state index contributed by atoms with van der Waals surface area (Å²) in [4.78, 5) is 43.3. The van der Waals surface area contributed by atoms with Crippen LogP contribution in [0.15, 0.2) is 36.4 Å². The lowest BCUT2D eigenvalue weighted by Gasteiger charge is -2.37. The second-order valence-electron chi connectivity index (χ2n) is 9.23. The summed E-state index contributed by atoms with van der Waals surface area (Å²) in [5.74, 6) is 1.64. The van der Waals surface area contributed by atoms with Crippen LogP contribution in [0.5, 0.6) is 23.0 Å². The number of hydrogen-bond acceptors (Lipinski definition) is 7. The molecule has 0 saturated carbocycles. The van der Waals surface area contributed by atoms with E-state index in [0.29, 0.717) is 73.1 Å². The third-order valence-corrected chi connectivity index (χ3v) is 7.18. The Morgan fingerprint density at radius 2 is 1.41 bits per heavy atom. The van der Waals surface area contributed by atoms with Gasteiger partial charge in [-0.15, -0.1) is 0 Å². The molecule has 0 unspecified atom stereocenters. The zero-order valence-electron chi connectivity index (χ0n) is 21.0. The molecule has 2 aromatic carbocycles. The highest BCUT2D eigenvalue weighted by Crippen LogP contribution is 2.34. The van der Waals surface area contributed by atoms with E-state index >= 15 is 0 Å². The van der Waals surface area contributed by atoms with E-state index < -0.39 is 6.04 Å². The number of hydrogen-bond donors (Lipinski definition) is 1. The first-order valence-electron chi connectivity index (χ1n) is 12.7. The Hall–Kier alpha value is -3.95. The van der Waals surface area contributed by atoms with Crippen molar-refractivity contribution in [2.24, 2.45) is 5.92 Å². The lowest BCUT2D eigenvalue weighted by atomic mass is 9.87. The molecule has 37 heavy (non-hydrogen) atoms. The van der Waals surface area contributed by atoms with Gasteiger partial charge in [-0.1, -0.05) is 0 Å². The van der Waals surface area contributed by atoms with Crippen molar-refractivity contribution in [3.63, 3.8) is 0 Å². The second kappa shape index (κ2) is 10.6. The first-order valence-corrected chi connectivity index (χ1v) is 12.7. The number of carbonyl (C=O) groups excluding carboxylic acids is 3. The van der Waals surface area contributed by atoms with E-state index in [2.05, 4.69) is 5.32 Å². The highest BCUT2D eigenvalue weighted by atomic mass is 16.7. The first kappa shape index (κ1) is 24.7. The molecule has 3 aliphatic rings. The minimum Gasteiger partial charge on any atom is -0.454 e. The van der Waals surface area contributed by atoms with E-state index in [1.807, 2.05) is 13.8 Å². The van der Waals surface area contributed by atoms with Crippen molar-refractivity contribution in [1.82, 2.24) is 15.1 Å². The summed E-state index contributed by atoms with van der Waals surface area (Å²) < 4.78 is 21.5. The van der Waals surface area contributed by atoms with Crippen LogP contribution < -0.4 is 24.3 Å². The Kier molecular flexibility index (Phi) is 7.07. The number of likely N-dealkylation sites (N-methyl/N-ethyl adjacent to an activating group) is 1. The standard InChI is InChI=1S/C27H31N3O7/c1-3-29(4-2)27(33)24(28-25(31)18-5-7-20-22(13-18)36-15-34-20)17-9-11-30(12-10-17)26(32)19-6-8-21-23(14-19)37-16-35-21/h5-8,13-14,17,24H,3-4,9-12,15-16H2,1-2H3,(H,28,31)/t24-/m0/s1. The normalized spacial score (nSPS) is 16.9. The summed E-state index contributed by atoms with van der Waals surface area (Å²) in [6.45, 7) is 6.18. The van der Waals surface area contributed by atoms with Crippen molar-refractivity contribution < 1.29 is 33.3 Å². The molecule has 1 fully saturated rings. The zero-order chi connectivity index (χ0) is 25.9. The molecule has 3 aliphatic heterocycles. The molecule has 0 aromatic heterocycles. The summed E-state index contributed by atoms with van der Waals surface area (Å²) in [6.07, 6.45) is 1.19. The molecule has 1 atom stereocenters. The molecule has 1 N–H and O–H groups in total.